The number of nitrogens with zero attached hydrogens (tertiary/aromatic N) is 3. The molecule has 1 aliphatic heterocycles. The van der Waals surface area contributed by atoms with Crippen LogP contribution in [0.5, 0.6) is 0 Å². The summed E-state index contributed by atoms with van der Waals surface area (Å²) in [6.07, 6.45) is 1.89. The van der Waals surface area contributed by atoms with Gasteiger partial charge in [-0.2, -0.15) is 0 Å². The molecule has 0 unspecified atom stereocenters. The smallest absolute Gasteiger partial charge is 0.183 e. The topological polar surface area (TPSA) is 19.4 Å². The molecule has 0 bridgehead atoms. The average Bonchev–Trinajstić information content (AvgIpc) is 2.84. The number of benzene rings is 1. The van der Waals surface area contributed by atoms with Crippen LogP contribution in [0.25, 0.3) is 0 Å². The molecule has 3 rings (SSSR count). The number of hydrogen-bond donors (Lipinski definition) is 0. The first-order valence-electron chi connectivity index (χ1n) is 7.27. The third kappa shape index (κ3) is 3.57. The van der Waals surface area contributed by atoms with Gasteiger partial charge in [0.25, 0.3) is 0 Å². The molecule has 2 aromatic rings. The Hall–Kier alpha value is -1.10. The van der Waals surface area contributed by atoms with Crippen molar-refractivity contribution in [2.45, 2.75) is 26.4 Å². The molecular weight excluding hydrogens is 302 g/mol. The van der Waals surface area contributed by atoms with Gasteiger partial charge in [0.15, 0.2) is 4.47 Å². The highest BCUT2D eigenvalue weighted by atomic mass is 35.5. The van der Waals surface area contributed by atoms with Crippen LogP contribution in [0.4, 0.5) is 5.69 Å². The van der Waals surface area contributed by atoms with Gasteiger partial charge in [-0.1, -0.05) is 23.7 Å². The van der Waals surface area contributed by atoms with Crippen LogP contribution in [0.3, 0.4) is 0 Å². The van der Waals surface area contributed by atoms with E-state index in [4.69, 9.17) is 11.6 Å². The van der Waals surface area contributed by atoms with Crippen LogP contribution >= 0.6 is 22.9 Å². The standard InChI is InChI=1S/C16H20ClN3S/c1-12-4-3-5-14(8-12)20-7-6-19(10-13(20)2)11-15-9-18-16(17)21-15/h3-5,8-9,13H,6-7,10-11H2,1-2H3/t13-/m1/s1. The van der Waals surface area contributed by atoms with Crippen LogP contribution in [0, 0.1) is 6.92 Å². The van der Waals surface area contributed by atoms with Gasteiger partial charge < -0.3 is 4.90 Å². The first-order chi connectivity index (χ1) is 10.1. The van der Waals surface area contributed by atoms with E-state index in [1.54, 1.807) is 11.3 Å². The monoisotopic (exact) mass is 321 g/mol. The van der Waals surface area contributed by atoms with Crippen molar-refractivity contribution in [3.05, 3.63) is 45.4 Å². The molecule has 1 aromatic heterocycles. The molecular formula is C16H20ClN3S. The molecule has 1 aliphatic rings. The minimum Gasteiger partial charge on any atom is -0.366 e. The number of hydrogen-bond acceptors (Lipinski definition) is 4. The van der Waals surface area contributed by atoms with Crippen LogP contribution < -0.4 is 4.90 Å². The van der Waals surface area contributed by atoms with E-state index in [1.165, 1.54) is 16.1 Å². The zero-order valence-electron chi connectivity index (χ0n) is 12.4. The second-order valence-electron chi connectivity index (χ2n) is 5.70. The summed E-state index contributed by atoms with van der Waals surface area (Å²) in [6.45, 7) is 8.62. The Bertz CT molecular complexity index is 613. The minimum absolute atomic E-state index is 0.518. The Morgan fingerprint density at radius 2 is 2.24 bits per heavy atom. The van der Waals surface area contributed by atoms with E-state index < -0.39 is 0 Å². The maximum Gasteiger partial charge on any atom is 0.183 e. The predicted octanol–water partition coefficient (Wildman–Crippen LogP) is 3.82. The molecule has 1 saturated heterocycles. The second kappa shape index (κ2) is 6.34. The Morgan fingerprint density at radius 3 is 2.90 bits per heavy atom. The SMILES string of the molecule is Cc1cccc(N2CCN(Cc3cnc(Cl)s3)C[C@H]2C)c1. The number of halogens is 1. The highest BCUT2D eigenvalue weighted by Crippen LogP contribution is 2.24. The summed E-state index contributed by atoms with van der Waals surface area (Å²) in [5.41, 5.74) is 2.66. The molecule has 0 saturated carbocycles. The van der Waals surface area contributed by atoms with Gasteiger partial charge in [-0.25, -0.2) is 4.98 Å². The van der Waals surface area contributed by atoms with Gasteiger partial charge >= 0.3 is 0 Å². The van der Waals surface area contributed by atoms with Gasteiger partial charge in [0, 0.05) is 49.0 Å². The van der Waals surface area contributed by atoms with Crippen LogP contribution in [0.2, 0.25) is 4.47 Å². The summed E-state index contributed by atoms with van der Waals surface area (Å²) in [5.74, 6) is 0. The number of piperazine rings is 1. The minimum atomic E-state index is 0.518. The van der Waals surface area contributed by atoms with Gasteiger partial charge in [0.1, 0.15) is 0 Å². The lowest BCUT2D eigenvalue weighted by Crippen LogP contribution is -2.51. The molecule has 1 atom stereocenters. The molecule has 2 heterocycles. The molecule has 0 spiro atoms. The fraction of sp³-hybridized carbons (Fsp3) is 0.438. The Balaban J connectivity index is 1.64. The van der Waals surface area contributed by atoms with Crippen molar-refractivity contribution in [2.75, 3.05) is 24.5 Å². The maximum absolute atomic E-state index is 5.91. The van der Waals surface area contributed by atoms with E-state index in [0.717, 1.165) is 26.2 Å². The van der Waals surface area contributed by atoms with Crippen LogP contribution in [0.15, 0.2) is 30.5 Å². The molecule has 5 heteroatoms. The van der Waals surface area contributed by atoms with E-state index in [9.17, 15) is 0 Å². The van der Waals surface area contributed by atoms with Gasteiger partial charge in [-0.3, -0.25) is 4.90 Å². The molecule has 1 fully saturated rings. The molecule has 21 heavy (non-hydrogen) atoms. The second-order valence-corrected chi connectivity index (χ2v) is 7.39. The summed E-state index contributed by atoms with van der Waals surface area (Å²) < 4.78 is 0.636. The zero-order chi connectivity index (χ0) is 14.8. The van der Waals surface area contributed by atoms with Crippen molar-refractivity contribution in [3.8, 4) is 0 Å². The van der Waals surface area contributed by atoms with Crippen molar-refractivity contribution in [1.29, 1.82) is 0 Å². The zero-order valence-corrected chi connectivity index (χ0v) is 14.0. The van der Waals surface area contributed by atoms with Gasteiger partial charge in [0.05, 0.1) is 0 Å². The largest absolute Gasteiger partial charge is 0.366 e. The van der Waals surface area contributed by atoms with Gasteiger partial charge in [-0.05, 0) is 31.5 Å². The van der Waals surface area contributed by atoms with Crippen molar-refractivity contribution in [2.24, 2.45) is 0 Å². The van der Waals surface area contributed by atoms with Crippen molar-refractivity contribution in [3.63, 3.8) is 0 Å². The number of aryl methyl sites for hydroxylation is 1. The number of rotatable bonds is 3. The molecule has 1 aromatic carbocycles. The summed E-state index contributed by atoms with van der Waals surface area (Å²) in [5, 5.41) is 0. The van der Waals surface area contributed by atoms with E-state index in [0.29, 0.717) is 10.5 Å². The van der Waals surface area contributed by atoms with E-state index in [-0.39, 0.29) is 0 Å². The fourth-order valence-electron chi connectivity index (χ4n) is 2.94. The molecule has 0 amide bonds. The molecule has 112 valence electrons. The molecule has 0 radical (unpaired) electrons. The average molecular weight is 322 g/mol. The van der Waals surface area contributed by atoms with E-state index in [2.05, 4.69) is 52.9 Å². The summed E-state index contributed by atoms with van der Waals surface area (Å²) in [6, 6.07) is 9.29. The first kappa shape index (κ1) is 14.8. The number of aromatic nitrogens is 1. The Kier molecular flexibility index (Phi) is 4.48. The van der Waals surface area contributed by atoms with Crippen molar-refractivity contribution < 1.29 is 0 Å². The summed E-state index contributed by atoms with van der Waals surface area (Å²) in [7, 11) is 0. The summed E-state index contributed by atoms with van der Waals surface area (Å²) >= 11 is 7.49. The first-order valence-corrected chi connectivity index (χ1v) is 8.47. The van der Waals surface area contributed by atoms with Gasteiger partial charge in [0.2, 0.25) is 0 Å². The Labute approximate surface area is 135 Å². The highest BCUT2D eigenvalue weighted by Gasteiger charge is 2.24. The number of anilines is 1. The lowest BCUT2D eigenvalue weighted by Gasteiger charge is -2.41. The highest BCUT2D eigenvalue weighted by molar-refractivity contribution is 7.15. The van der Waals surface area contributed by atoms with Crippen molar-refractivity contribution in [1.82, 2.24) is 9.88 Å². The van der Waals surface area contributed by atoms with E-state index >= 15 is 0 Å². The maximum atomic E-state index is 5.91. The lowest BCUT2D eigenvalue weighted by molar-refractivity contribution is 0.222. The van der Waals surface area contributed by atoms with Gasteiger partial charge in [-0.15, -0.1) is 11.3 Å². The third-order valence-electron chi connectivity index (χ3n) is 3.95. The lowest BCUT2D eigenvalue weighted by atomic mass is 10.1. The van der Waals surface area contributed by atoms with E-state index in [1.807, 2.05) is 6.20 Å². The summed E-state index contributed by atoms with van der Waals surface area (Å²) in [4.78, 5) is 10.4. The predicted molar refractivity (Wildman–Crippen MR) is 90.4 cm³/mol. The van der Waals surface area contributed by atoms with Crippen LogP contribution in [-0.4, -0.2) is 35.6 Å². The van der Waals surface area contributed by atoms with Crippen LogP contribution in [0.1, 0.15) is 17.4 Å². The molecule has 0 N–H and O–H groups in total. The quantitative estimate of drug-likeness (QED) is 0.857. The molecule has 0 aliphatic carbocycles. The normalized spacial score (nSPS) is 20.0. The molecule has 3 nitrogen and oxygen atoms in total. The number of thiazole rings is 1. The third-order valence-corrected chi connectivity index (χ3v) is 5.05. The van der Waals surface area contributed by atoms with Crippen molar-refractivity contribution >= 4 is 28.6 Å². The fourth-order valence-corrected chi connectivity index (χ4v) is 3.96. The Morgan fingerprint density at radius 1 is 1.38 bits per heavy atom. The van der Waals surface area contributed by atoms with Crippen LogP contribution in [-0.2, 0) is 6.54 Å².